The van der Waals surface area contributed by atoms with Gasteiger partial charge in [0.15, 0.2) is 0 Å². The summed E-state index contributed by atoms with van der Waals surface area (Å²) < 4.78 is 17.8. The first kappa shape index (κ1) is 16.8. The van der Waals surface area contributed by atoms with Crippen molar-refractivity contribution < 1.29 is 23.8 Å². The lowest BCUT2D eigenvalue weighted by molar-refractivity contribution is -0.140. The highest BCUT2D eigenvalue weighted by Crippen LogP contribution is 2.07. The number of rotatable bonds is 10. The molecule has 0 aliphatic carbocycles. The van der Waals surface area contributed by atoms with Crippen molar-refractivity contribution in [2.24, 2.45) is 0 Å². The zero-order valence-electron chi connectivity index (χ0n) is 10.8. The number of halogens is 1. The van der Waals surface area contributed by atoms with Crippen molar-refractivity contribution in [3.8, 4) is 0 Å². The van der Waals surface area contributed by atoms with Crippen LogP contribution >= 0.6 is 0 Å². The highest BCUT2D eigenvalue weighted by atomic mass is 19.1. The van der Waals surface area contributed by atoms with E-state index in [1.54, 1.807) is 6.92 Å². The third kappa shape index (κ3) is 6.51. The number of hydrogen-bond acceptors (Lipinski definition) is 4. The van der Waals surface area contributed by atoms with Gasteiger partial charge in [-0.05, 0) is 13.3 Å². The lowest BCUT2D eigenvalue weighted by Crippen LogP contribution is -2.39. The highest BCUT2D eigenvalue weighted by molar-refractivity contribution is 5.75. The van der Waals surface area contributed by atoms with Gasteiger partial charge in [-0.15, -0.1) is 0 Å². The first-order valence-corrected chi connectivity index (χ1v) is 5.82. The number of nitrogens with one attached hydrogen (secondary N) is 1. The lowest BCUT2D eigenvalue weighted by Gasteiger charge is -2.28. The Morgan fingerprint density at radius 2 is 2.28 bits per heavy atom. The second-order valence-electron chi connectivity index (χ2n) is 3.79. The van der Waals surface area contributed by atoms with E-state index in [0.29, 0.717) is 6.41 Å². The van der Waals surface area contributed by atoms with E-state index in [2.05, 4.69) is 5.32 Å². The Labute approximate surface area is 106 Å². The van der Waals surface area contributed by atoms with Crippen LogP contribution in [0.5, 0.6) is 0 Å². The predicted octanol–water partition coefficient (Wildman–Crippen LogP) is -0.336. The minimum absolute atomic E-state index is 0.156. The van der Waals surface area contributed by atoms with Gasteiger partial charge in [0.05, 0.1) is 6.10 Å². The van der Waals surface area contributed by atoms with Crippen molar-refractivity contribution in [2.45, 2.75) is 32.1 Å². The molecule has 18 heavy (non-hydrogen) atoms. The third-order valence-electron chi connectivity index (χ3n) is 2.49. The largest absolute Gasteiger partial charge is 0.396 e. The van der Waals surface area contributed by atoms with Gasteiger partial charge in [-0.3, -0.25) is 9.59 Å². The Morgan fingerprint density at radius 3 is 2.72 bits per heavy atom. The van der Waals surface area contributed by atoms with Crippen LogP contribution in [0.1, 0.15) is 19.8 Å². The van der Waals surface area contributed by atoms with Gasteiger partial charge in [-0.2, -0.15) is 0 Å². The Bertz CT molecular complexity index is 253. The molecule has 0 aliphatic heterocycles. The molecule has 0 aromatic carbocycles. The molecule has 0 spiro atoms. The number of ether oxygens (including phenoxy) is 1. The van der Waals surface area contributed by atoms with Crippen LogP contribution in [-0.2, 0) is 14.3 Å². The fourth-order valence-electron chi connectivity index (χ4n) is 1.36. The summed E-state index contributed by atoms with van der Waals surface area (Å²) >= 11 is 0. The molecule has 0 aliphatic rings. The first-order chi connectivity index (χ1) is 8.58. The maximum Gasteiger partial charge on any atom is 0.221 e. The van der Waals surface area contributed by atoms with Gasteiger partial charge in [-0.1, -0.05) is 0 Å². The molecular formula is C11H21FN2O4. The molecule has 106 valence electrons. The van der Waals surface area contributed by atoms with Crippen molar-refractivity contribution in [2.75, 3.05) is 26.9 Å². The van der Waals surface area contributed by atoms with Crippen LogP contribution in [0.25, 0.3) is 0 Å². The van der Waals surface area contributed by atoms with E-state index in [-0.39, 0.29) is 31.9 Å². The summed E-state index contributed by atoms with van der Waals surface area (Å²) in [6.45, 7) is 0.883. The van der Waals surface area contributed by atoms with E-state index in [0.717, 1.165) is 0 Å². The van der Waals surface area contributed by atoms with E-state index >= 15 is 0 Å². The number of alkyl halides is 1. The average Bonchev–Trinajstić information content (AvgIpc) is 2.38. The zero-order valence-corrected chi connectivity index (χ0v) is 10.8. The van der Waals surface area contributed by atoms with Gasteiger partial charge in [0.25, 0.3) is 0 Å². The first-order valence-electron chi connectivity index (χ1n) is 5.82. The maximum atomic E-state index is 12.5. The Kier molecular flexibility index (Phi) is 9.13. The van der Waals surface area contributed by atoms with Crippen LogP contribution < -0.4 is 5.32 Å². The number of hydrogen-bond donors (Lipinski definition) is 2. The standard InChI is InChI=1S/C11H21FN2O4/c1-9(18-10(7-12)4-6-15)14(8-16)5-3-11(17)13-2/h8-10,15H,3-7H2,1-2H3,(H,13,17). The maximum absolute atomic E-state index is 12.5. The number of aliphatic hydroxyl groups excluding tert-OH is 1. The summed E-state index contributed by atoms with van der Waals surface area (Å²) in [5, 5.41) is 11.1. The van der Waals surface area contributed by atoms with E-state index in [9.17, 15) is 14.0 Å². The Morgan fingerprint density at radius 1 is 1.61 bits per heavy atom. The zero-order chi connectivity index (χ0) is 14.0. The minimum atomic E-state index is -0.743. The third-order valence-corrected chi connectivity index (χ3v) is 2.49. The number of amides is 2. The molecule has 0 bridgehead atoms. The topological polar surface area (TPSA) is 78.9 Å². The summed E-state index contributed by atoms with van der Waals surface area (Å²) in [5.41, 5.74) is 0. The quantitative estimate of drug-likeness (QED) is 0.418. The molecule has 2 amide bonds. The van der Waals surface area contributed by atoms with Crippen LogP contribution in [0.2, 0.25) is 0 Å². The summed E-state index contributed by atoms with van der Waals surface area (Å²) in [7, 11) is 1.51. The van der Waals surface area contributed by atoms with E-state index in [1.807, 2.05) is 0 Å². The van der Waals surface area contributed by atoms with Gasteiger partial charge in [0.1, 0.15) is 12.9 Å². The molecule has 2 N–H and O–H groups in total. The van der Waals surface area contributed by atoms with E-state index in [4.69, 9.17) is 9.84 Å². The fourth-order valence-corrected chi connectivity index (χ4v) is 1.36. The molecular weight excluding hydrogens is 243 g/mol. The van der Waals surface area contributed by atoms with Crippen molar-refractivity contribution in [1.82, 2.24) is 10.2 Å². The van der Waals surface area contributed by atoms with Crippen molar-refractivity contribution in [1.29, 1.82) is 0 Å². The molecule has 2 atom stereocenters. The van der Waals surface area contributed by atoms with Gasteiger partial charge < -0.3 is 20.1 Å². The van der Waals surface area contributed by atoms with Crippen LogP contribution in [0.15, 0.2) is 0 Å². The number of aliphatic hydroxyl groups is 1. The summed E-state index contributed by atoms with van der Waals surface area (Å²) in [4.78, 5) is 23.2. The molecule has 0 saturated carbocycles. The van der Waals surface area contributed by atoms with Crippen LogP contribution in [0.3, 0.4) is 0 Å². The van der Waals surface area contributed by atoms with Gasteiger partial charge in [-0.25, -0.2) is 4.39 Å². The van der Waals surface area contributed by atoms with E-state index < -0.39 is 19.0 Å². The Hall–Kier alpha value is -1.21. The molecule has 0 radical (unpaired) electrons. The average molecular weight is 264 g/mol. The van der Waals surface area contributed by atoms with E-state index in [1.165, 1.54) is 11.9 Å². The second kappa shape index (κ2) is 9.78. The van der Waals surface area contributed by atoms with Gasteiger partial charge in [0, 0.05) is 26.6 Å². The molecule has 0 fully saturated rings. The number of carbonyl (C=O) groups excluding carboxylic acids is 2. The molecule has 2 unspecified atom stereocenters. The smallest absolute Gasteiger partial charge is 0.221 e. The van der Waals surface area contributed by atoms with Crippen LogP contribution in [-0.4, -0.2) is 61.5 Å². The lowest BCUT2D eigenvalue weighted by atomic mass is 10.3. The van der Waals surface area contributed by atoms with Crippen molar-refractivity contribution >= 4 is 12.3 Å². The normalized spacial score (nSPS) is 13.8. The molecule has 0 heterocycles. The number of nitrogens with zero attached hydrogens (tertiary/aromatic N) is 1. The van der Waals surface area contributed by atoms with Gasteiger partial charge in [0.2, 0.25) is 12.3 Å². The SMILES string of the molecule is CNC(=O)CCN(C=O)C(C)OC(CF)CCO. The molecule has 0 aromatic heterocycles. The van der Waals surface area contributed by atoms with Crippen molar-refractivity contribution in [3.05, 3.63) is 0 Å². The predicted molar refractivity (Wildman–Crippen MR) is 63.5 cm³/mol. The summed E-state index contributed by atoms with van der Waals surface area (Å²) in [5.74, 6) is -0.188. The molecule has 0 rings (SSSR count). The Balaban J connectivity index is 4.19. The monoisotopic (exact) mass is 264 g/mol. The molecule has 0 saturated heterocycles. The molecule has 6 nitrogen and oxygen atoms in total. The van der Waals surface area contributed by atoms with Crippen molar-refractivity contribution in [3.63, 3.8) is 0 Å². The van der Waals surface area contributed by atoms with Crippen LogP contribution in [0, 0.1) is 0 Å². The summed E-state index contributed by atoms with van der Waals surface area (Å²) in [6, 6.07) is 0. The highest BCUT2D eigenvalue weighted by Gasteiger charge is 2.18. The molecule has 0 aromatic rings. The minimum Gasteiger partial charge on any atom is -0.396 e. The molecule has 7 heteroatoms. The van der Waals surface area contributed by atoms with Crippen LogP contribution in [0.4, 0.5) is 4.39 Å². The number of carbonyl (C=O) groups is 2. The fraction of sp³-hybridized carbons (Fsp3) is 0.818. The second-order valence-corrected chi connectivity index (χ2v) is 3.79. The summed E-state index contributed by atoms with van der Waals surface area (Å²) in [6.07, 6.45) is -0.499. The van der Waals surface area contributed by atoms with Gasteiger partial charge >= 0.3 is 0 Å².